The standard InChI is InChI=1S/C23H32N6O10/c24-13(5-7-17(25)31)20(35)28-16(10-18(26)32)22(37)29-15(9-11-1-3-12(30)4-2-11)21(36)27-14(23(38)39)6-8-19(33)34/h1-4,13-16,30H,5-10,24H2,(H2,25,31)(H2,26,32)(H,27,36)(H,28,35)(H,29,37)(H,33,34)(H,38,39). The maximum atomic E-state index is 13.0. The summed E-state index contributed by atoms with van der Waals surface area (Å²) >= 11 is 0. The second-order valence-electron chi connectivity index (χ2n) is 8.61. The van der Waals surface area contributed by atoms with Gasteiger partial charge in [-0.3, -0.25) is 28.8 Å². The van der Waals surface area contributed by atoms with E-state index in [1.54, 1.807) is 0 Å². The van der Waals surface area contributed by atoms with Crippen LogP contribution in [0.5, 0.6) is 5.75 Å². The topological polar surface area (TPSA) is 294 Å². The summed E-state index contributed by atoms with van der Waals surface area (Å²) in [6.07, 6.45) is -2.29. The third-order valence-corrected chi connectivity index (χ3v) is 5.35. The van der Waals surface area contributed by atoms with Crippen LogP contribution in [-0.2, 0) is 40.0 Å². The number of amides is 5. The Kier molecular flexibility index (Phi) is 12.8. The van der Waals surface area contributed by atoms with Crippen LogP contribution in [0.1, 0.15) is 37.7 Å². The molecule has 16 nitrogen and oxygen atoms in total. The lowest BCUT2D eigenvalue weighted by Crippen LogP contribution is -2.58. The van der Waals surface area contributed by atoms with E-state index in [0.29, 0.717) is 5.56 Å². The number of phenols is 1. The summed E-state index contributed by atoms with van der Waals surface area (Å²) in [5.41, 5.74) is 16.3. The Bertz CT molecular complexity index is 1080. The van der Waals surface area contributed by atoms with Gasteiger partial charge in [-0.05, 0) is 30.5 Å². The van der Waals surface area contributed by atoms with Gasteiger partial charge >= 0.3 is 11.9 Å². The minimum atomic E-state index is -1.60. The number of nitrogens with two attached hydrogens (primary N) is 3. The first-order chi connectivity index (χ1) is 18.2. The van der Waals surface area contributed by atoms with E-state index in [0.717, 1.165) is 0 Å². The monoisotopic (exact) mass is 552 g/mol. The minimum Gasteiger partial charge on any atom is -0.508 e. The molecule has 0 saturated heterocycles. The average Bonchev–Trinajstić information content (AvgIpc) is 2.84. The van der Waals surface area contributed by atoms with Gasteiger partial charge < -0.3 is 48.5 Å². The quantitative estimate of drug-likeness (QED) is 0.0927. The fraction of sp³-hybridized carbons (Fsp3) is 0.435. The van der Waals surface area contributed by atoms with Gasteiger partial charge in [-0.2, -0.15) is 0 Å². The van der Waals surface area contributed by atoms with Crippen LogP contribution in [0.25, 0.3) is 0 Å². The molecule has 0 aliphatic heterocycles. The van der Waals surface area contributed by atoms with Crippen LogP contribution in [-0.4, -0.2) is 81.0 Å². The summed E-state index contributed by atoms with van der Waals surface area (Å²) in [5.74, 6) is -7.53. The highest BCUT2D eigenvalue weighted by atomic mass is 16.4. The highest BCUT2D eigenvalue weighted by Crippen LogP contribution is 2.12. The van der Waals surface area contributed by atoms with Gasteiger partial charge in [-0.1, -0.05) is 12.1 Å². The first kappa shape index (κ1) is 32.3. The summed E-state index contributed by atoms with van der Waals surface area (Å²) < 4.78 is 0. The van der Waals surface area contributed by atoms with Crippen molar-refractivity contribution in [3.63, 3.8) is 0 Å². The molecule has 0 heterocycles. The normalized spacial score (nSPS) is 13.7. The van der Waals surface area contributed by atoms with E-state index in [9.17, 15) is 43.8 Å². The predicted octanol–water partition coefficient (Wildman–Crippen LogP) is -3.19. The summed E-state index contributed by atoms with van der Waals surface area (Å²) in [4.78, 5) is 83.3. The van der Waals surface area contributed by atoms with Crippen molar-refractivity contribution in [3.8, 4) is 5.75 Å². The maximum Gasteiger partial charge on any atom is 0.326 e. The zero-order valence-corrected chi connectivity index (χ0v) is 20.8. The Morgan fingerprint density at radius 2 is 1.26 bits per heavy atom. The molecule has 0 aromatic heterocycles. The highest BCUT2D eigenvalue weighted by Gasteiger charge is 2.31. The van der Waals surface area contributed by atoms with Crippen molar-refractivity contribution in [1.82, 2.24) is 16.0 Å². The van der Waals surface area contributed by atoms with Gasteiger partial charge in [0.25, 0.3) is 0 Å². The number of phenolic OH excluding ortho intramolecular Hbond substituents is 1. The number of primary amides is 2. The van der Waals surface area contributed by atoms with Crippen LogP contribution >= 0.6 is 0 Å². The van der Waals surface area contributed by atoms with Gasteiger partial charge in [0.15, 0.2) is 0 Å². The molecule has 0 saturated carbocycles. The molecule has 0 fully saturated rings. The lowest BCUT2D eigenvalue weighted by molar-refractivity contribution is -0.143. The Labute approximate surface area is 222 Å². The fourth-order valence-corrected chi connectivity index (χ4v) is 3.26. The predicted molar refractivity (Wildman–Crippen MR) is 132 cm³/mol. The molecule has 5 amide bonds. The van der Waals surface area contributed by atoms with Gasteiger partial charge in [-0.15, -0.1) is 0 Å². The molecule has 0 aliphatic rings. The van der Waals surface area contributed by atoms with Gasteiger partial charge in [0.05, 0.1) is 12.5 Å². The van der Waals surface area contributed by atoms with E-state index >= 15 is 0 Å². The number of carboxylic acids is 2. The van der Waals surface area contributed by atoms with Gasteiger partial charge in [0, 0.05) is 19.3 Å². The van der Waals surface area contributed by atoms with E-state index < -0.39 is 84.9 Å². The first-order valence-corrected chi connectivity index (χ1v) is 11.6. The van der Waals surface area contributed by atoms with Crippen molar-refractivity contribution < 1.29 is 48.9 Å². The number of aromatic hydroxyl groups is 1. The summed E-state index contributed by atoms with van der Waals surface area (Å²) in [6, 6.07) is -0.440. The van der Waals surface area contributed by atoms with Crippen LogP contribution in [0, 0.1) is 0 Å². The van der Waals surface area contributed by atoms with Gasteiger partial charge in [0.2, 0.25) is 29.5 Å². The molecular formula is C23H32N6O10. The van der Waals surface area contributed by atoms with Crippen molar-refractivity contribution in [3.05, 3.63) is 29.8 Å². The Hall–Kier alpha value is -4.73. The number of carbonyl (C=O) groups excluding carboxylic acids is 5. The first-order valence-electron chi connectivity index (χ1n) is 11.6. The summed E-state index contributed by atoms with van der Waals surface area (Å²) in [5, 5.41) is 34.4. The molecule has 1 aromatic rings. The number of benzene rings is 1. The van der Waals surface area contributed by atoms with Crippen molar-refractivity contribution >= 4 is 41.5 Å². The molecule has 0 radical (unpaired) electrons. The van der Waals surface area contributed by atoms with E-state index in [1.807, 2.05) is 0 Å². The van der Waals surface area contributed by atoms with Crippen molar-refractivity contribution in [2.75, 3.05) is 0 Å². The zero-order valence-electron chi connectivity index (χ0n) is 20.8. The molecule has 4 atom stereocenters. The van der Waals surface area contributed by atoms with Crippen LogP contribution < -0.4 is 33.2 Å². The molecule has 39 heavy (non-hydrogen) atoms. The highest BCUT2D eigenvalue weighted by molar-refractivity contribution is 5.96. The molecule has 12 N–H and O–H groups in total. The van der Waals surface area contributed by atoms with Crippen molar-refractivity contribution in [2.24, 2.45) is 17.2 Å². The maximum absolute atomic E-state index is 13.0. The van der Waals surface area contributed by atoms with Crippen molar-refractivity contribution in [1.29, 1.82) is 0 Å². The lowest BCUT2D eigenvalue weighted by atomic mass is 10.0. The Balaban J connectivity index is 3.15. The third-order valence-electron chi connectivity index (χ3n) is 5.35. The van der Waals surface area contributed by atoms with E-state index in [1.165, 1.54) is 24.3 Å². The number of rotatable bonds is 17. The fourth-order valence-electron chi connectivity index (χ4n) is 3.26. The lowest BCUT2D eigenvalue weighted by Gasteiger charge is -2.25. The van der Waals surface area contributed by atoms with E-state index in [4.69, 9.17) is 22.3 Å². The molecule has 1 rings (SSSR count). The number of hydrogen-bond donors (Lipinski definition) is 9. The number of carbonyl (C=O) groups is 7. The van der Waals surface area contributed by atoms with Crippen LogP contribution in [0.15, 0.2) is 24.3 Å². The second-order valence-corrected chi connectivity index (χ2v) is 8.61. The summed E-state index contributed by atoms with van der Waals surface area (Å²) in [6.45, 7) is 0. The van der Waals surface area contributed by atoms with Crippen LogP contribution in [0.4, 0.5) is 0 Å². The number of carboxylic acid groups (broad SMARTS) is 2. The zero-order chi connectivity index (χ0) is 29.7. The molecular weight excluding hydrogens is 520 g/mol. The van der Waals surface area contributed by atoms with Crippen LogP contribution in [0.3, 0.4) is 0 Å². The molecule has 16 heteroatoms. The third kappa shape index (κ3) is 12.4. The number of hydrogen-bond acceptors (Lipinski definition) is 9. The van der Waals surface area contributed by atoms with Crippen LogP contribution in [0.2, 0.25) is 0 Å². The minimum absolute atomic E-state index is 0.0830. The van der Waals surface area contributed by atoms with Gasteiger partial charge in [-0.25, -0.2) is 4.79 Å². The molecule has 1 aromatic carbocycles. The van der Waals surface area contributed by atoms with Crippen molar-refractivity contribution in [2.45, 2.75) is 62.7 Å². The van der Waals surface area contributed by atoms with Gasteiger partial charge in [0.1, 0.15) is 23.9 Å². The summed E-state index contributed by atoms with van der Waals surface area (Å²) in [7, 11) is 0. The smallest absolute Gasteiger partial charge is 0.326 e. The average molecular weight is 553 g/mol. The number of nitrogens with one attached hydrogen (secondary N) is 3. The molecule has 0 bridgehead atoms. The molecule has 0 spiro atoms. The van der Waals surface area contributed by atoms with E-state index in [2.05, 4.69) is 16.0 Å². The van der Waals surface area contributed by atoms with E-state index in [-0.39, 0.29) is 25.0 Å². The molecule has 4 unspecified atom stereocenters. The Morgan fingerprint density at radius 3 is 1.77 bits per heavy atom. The Morgan fingerprint density at radius 1 is 0.718 bits per heavy atom. The molecule has 0 aliphatic carbocycles. The molecule has 214 valence electrons. The second kappa shape index (κ2) is 15.5. The SMILES string of the molecule is NC(=O)CCC(N)C(=O)NC(CC(N)=O)C(=O)NC(Cc1ccc(O)cc1)C(=O)NC(CCC(=O)O)C(=O)O. The number of aliphatic carboxylic acids is 2. The largest absolute Gasteiger partial charge is 0.508 e.